The van der Waals surface area contributed by atoms with E-state index in [9.17, 15) is 4.79 Å². The fourth-order valence-corrected chi connectivity index (χ4v) is 2.49. The average molecular weight is 255 g/mol. The molecule has 106 valence electrons. The zero-order chi connectivity index (χ0) is 13.4. The van der Waals surface area contributed by atoms with Gasteiger partial charge in [0.15, 0.2) is 0 Å². The van der Waals surface area contributed by atoms with Gasteiger partial charge in [-0.25, -0.2) is 0 Å². The number of carbonyl (C=O) groups is 1. The third kappa shape index (κ3) is 5.36. The Balaban J connectivity index is 2.17. The molecule has 18 heavy (non-hydrogen) atoms. The summed E-state index contributed by atoms with van der Waals surface area (Å²) in [5, 5.41) is 6.37. The van der Waals surface area contributed by atoms with Gasteiger partial charge in [-0.05, 0) is 25.3 Å². The molecule has 0 saturated carbocycles. The number of carbonyl (C=O) groups excluding carboxylic acids is 1. The first-order valence-corrected chi connectivity index (χ1v) is 7.35. The molecule has 0 spiro atoms. The average Bonchev–Trinajstić information content (AvgIpc) is 2.41. The van der Waals surface area contributed by atoms with Gasteiger partial charge in [0, 0.05) is 26.2 Å². The van der Waals surface area contributed by atoms with Crippen LogP contribution in [0.25, 0.3) is 0 Å². The van der Waals surface area contributed by atoms with Crippen LogP contribution in [0.15, 0.2) is 0 Å². The quantitative estimate of drug-likeness (QED) is 0.719. The van der Waals surface area contributed by atoms with Crippen LogP contribution in [0.1, 0.15) is 39.5 Å². The second-order valence-corrected chi connectivity index (χ2v) is 5.31. The molecule has 1 aliphatic rings. The number of hydrogen-bond donors (Lipinski definition) is 2. The largest absolute Gasteiger partial charge is 0.358 e. The molecule has 1 saturated heterocycles. The lowest BCUT2D eigenvalue weighted by molar-refractivity contribution is -0.122. The van der Waals surface area contributed by atoms with Gasteiger partial charge in [0.1, 0.15) is 0 Å². The topological polar surface area (TPSA) is 44.4 Å². The molecule has 2 N–H and O–H groups in total. The van der Waals surface area contributed by atoms with Gasteiger partial charge in [-0.2, -0.15) is 0 Å². The zero-order valence-corrected chi connectivity index (χ0v) is 12.2. The van der Waals surface area contributed by atoms with Crippen LogP contribution in [0, 0.1) is 5.92 Å². The Hall–Kier alpha value is -0.610. The van der Waals surface area contributed by atoms with Crippen molar-refractivity contribution in [2.24, 2.45) is 5.92 Å². The summed E-state index contributed by atoms with van der Waals surface area (Å²) < 4.78 is 0. The normalized spacial score (nSPS) is 18.2. The number of likely N-dealkylation sites (tertiary alicyclic amines) is 1. The Kier molecular flexibility index (Phi) is 7.28. The molecule has 0 radical (unpaired) electrons. The molecule has 0 aromatic carbocycles. The van der Waals surface area contributed by atoms with E-state index in [2.05, 4.69) is 29.4 Å². The summed E-state index contributed by atoms with van der Waals surface area (Å²) in [7, 11) is 1.70. The molecule has 1 amide bonds. The van der Waals surface area contributed by atoms with Crippen molar-refractivity contribution in [2.45, 2.75) is 45.6 Å². The van der Waals surface area contributed by atoms with Crippen molar-refractivity contribution in [3.8, 4) is 0 Å². The highest BCUT2D eigenvalue weighted by Crippen LogP contribution is 2.12. The maximum absolute atomic E-state index is 11.3. The summed E-state index contributed by atoms with van der Waals surface area (Å²) >= 11 is 0. The molecule has 0 bridgehead atoms. The Morgan fingerprint density at radius 1 is 1.28 bits per heavy atom. The first kappa shape index (κ1) is 15.4. The third-order valence-electron chi connectivity index (χ3n) is 4.08. The first-order valence-electron chi connectivity index (χ1n) is 7.35. The molecule has 0 unspecified atom stereocenters. The summed E-state index contributed by atoms with van der Waals surface area (Å²) in [6.45, 7) is 8.30. The van der Waals surface area contributed by atoms with Crippen LogP contribution in [0.5, 0.6) is 0 Å². The van der Waals surface area contributed by atoms with Gasteiger partial charge in [0.2, 0.25) is 5.91 Å². The second-order valence-electron chi connectivity index (χ2n) is 5.31. The summed E-state index contributed by atoms with van der Waals surface area (Å²) in [6.07, 6.45) is 4.85. The lowest BCUT2D eigenvalue weighted by Crippen LogP contribution is -2.46. The van der Waals surface area contributed by atoms with Crippen LogP contribution in [0.2, 0.25) is 0 Å². The van der Waals surface area contributed by atoms with E-state index in [1.165, 1.54) is 12.8 Å². The Morgan fingerprint density at radius 2 is 1.89 bits per heavy atom. The van der Waals surface area contributed by atoms with Gasteiger partial charge in [-0.3, -0.25) is 9.69 Å². The molecule has 0 aromatic heterocycles. The molecular formula is C14H29N3O. The summed E-state index contributed by atoms with van der Waals surface area (Å²) in [5.41, 5.74) is 0. The van der Waals surface area contributed by atoms with Crippen LogP contribution in [-0.2, 0) is 4.79 Å². The number of amides is 1. The van der Waals surface area contributed by atoms with E-state index in [1.54, 1.807) is 7.05 Å². The molecule has 1 heterocycles. The molecule has 0 aromatic rings. The van der Waals surface area contributed by atoms with Crippen molar-refractivity contribution < 1.29 is 4.79 Å². The van der Waals surface area contributed by atoms with Gasteiger partial charge in [-0.15, -0.1) is 0 Å². The maximum Gasteiger partial charge on any atom is 0.233 e. The molecular weight excluding hydrogens is 226 g/mol. The molecule has 1 aliphatic heterocycles. The fourth-order valence-electron chi connectivity index (χ4n) is 2.49. The van der Waals surface area contributed by atoms with Crippen molar-refractivity contribution in [3.63, 3.8) is 0 Å². The molecule has 1 rings (SSSR count). The smallest absolute Gasteiger partial charge is 0.233 e. The Labute approximate surface area is 111 Å². The number of nitrogens with one attached hydrogen (secondary N) is 2. The van der Waals surface area contributed by atoms with Crippen LogP contribution in [0.4, 0.5) is 0 Å². The molecule has 1 fully saturated rings. The summed E-state index contributed by atoms with van der Waals surface area (Å²) in [6, 6.07) is 0.645. The second kappa shape index (κ2) is 8.48. The zero-order valence-electron chi connectivity index (χ0n) is 12.2. The lowest BCUT2D eigenvalue weighted by atomic mass is 10.0. The number of rotatable bonds is 7. The van der Waals surface area contributed by atoms with Gasteiger partial charge < -0.3 is 10.6 Å². The maximum atomic E-state index is 11.3. The van der Waals surface area contributed by atoms with Crippen molar-refractivity contribution in [1.29, 1.82) is 0 Å². The van der Waals surface area contributed by atoms with Crippen LogP contribution >= 0.6 is 0 Å². The van der Waals surface area contributed by atoms with Crippen molar-refractivity contribution >= 4 is 5.91 Å². The Bertz CT molecular complexity index is 233. The number of hydrogen-bond acceptors (Lipinski definition) is 3. The van der Waals surface area contributed by atoms with E-state index in [-0.39, 0.29) is 5.91 Å². The summed E-state index contributed by atoms with van der Waals surface area (Å²) in [5.74, 6) is 0.937. The van der Waals surface area contributed by atoms with Crippen molar-refractivity contribution in [1.82, 2.24) is 15.5 Å². The first-order chi connectivity index (χ1) is 8.69. The van der Waals surface area contributed by atoms with Gasteiger partial charge in [-0.1, -0.05) is 26.7 Å². The highest BCUT2D eigenvalue weighted by Gasteiger charge is 2.20. The predicted molar refractivity (Wildman–Crippen MR) is 75.6 cm³/mol. The van der Waals surface area contributed by atoms with E-state index in [4.69, 9.17) is 0 Å². The molecule has 0 atom stereocenters. The SMILES string of the molecule is CCC(CC)CNC1CCN(CC(=O)NC)CC1. The van der Waals surface area contributed by atoms with Crippen molar-refractivity contribution in [2.75, 3.05) is 33.2 Å². The van der Waals surface area contributed by atoms with Crippen LogP contribution < -0.4 is 10.6 Å². The summed E-state index contributed by atoms with van der Waals surface area (Å²) in [4.78, 5) is 13.5. The van der Waals surface area contributed by atoms with E-state index in [1.807, 2.05) is 0 Å². The molecule has 4 nitrogen and oxygen atoms in total. The Morgan fingerprint density at radius 3 is 2.39 bits per heavy atom. The monoisotopic (exact) mass is 255 g/mol. The lowest BCUT2D eigenvalue weighted by Gasteiger charge is -2.32. The number of piperidine rings is 1. The minimum absolute atomic E-state index is 0.124. The van der Waals surface area contributed by atoms with Gasteiger partial charge >= 0.3 is 0 Å². The highest BCUT2D eigenvalue weighted by atomic mass is 16.1. The van der Waals surface area contributed by atoms with E-state index in [0.29, 0.717) is 12.6 Å². The number of likely N-dealkylation sites (N-methyl/N-ethyl adjacent to an activating group) is 1. The minimum Gasteiger partial charge on any atom is -0.358 e. The predicted octanol–water partition coefficient (Wildman–Crippen LogP) is 1.22. The van der Waals surface area contributed by atoms with Crippen LogP contribution in [-0.4, -0.2) is 50.1 Å². The fraction of sp³-hybridized carbons (Fsp3) is 0.929. The molecule has 0 aliphatic carbocycles. The highest BCUT2D eigenvalue weighted by molar-refractivity contribution is 5.77. The van der Waals surface area contributed by atoms with Crippen molar-refractivity contribution in [3.05, 3.63) is 0 Å². The molecule has 4 heteroatoms. The number of nitrogens with zero attached hydrogens (tertiary/aromatic N) is 1. The third-order valence-corrected chi connectivity index (χ3v) is 4.08. The van der Waals surface area contributed by atoms with Crippen LogP contribution in [0.3, 0.4) is 0 Å². The minimum atomic E-state index is 0.124. The van der Waals surface area contributed by atoms with E-state index < -0.39 is 0 Å². The van der Waals surface area contributed by atoms with Gasteiger partial charge in [0.25, 0.3) is 0 Å². The van der Waals surface area contributed by atoms with E-state index >= 15 is 0 Å². The van der Waals surface area contributed by atoms with Gasteiger partial charge in [0.05, 0.1) is 6.54 Å². The standard InChI is InChI=1S/C14H29N3O/c1-4-12(5-2)10-16-13-6-8-17(9-7-13)11-14(18)15-3/h12-13,16H,4-11H2,1-3H3,(H,15,18). The van der Waals surface area contributed by atoms with E-state index in [0.717, 1.165) is 38.4 Å².